The Balaban J connectivity index is 2.01. The average molecular weight is 386 g/mol. The number of nitrogens with one attached hydrogen (secondary N) is 1. The topological polar surface area (TPSA) is 29.1 Å². The Hall–Kier alpha value is -1.82. The molecule has 2 rings (SSSR count). The molecule has 1 N–H and O–H groups in total. The standard InChI is InChI=1S/C17H15BrF3NO/c1-11(13-3-2-4-14(9-13)17(19,20)21)10-22-16(23)12-5-7-15(18)8-6-12/h2-9,11H,10H2,1H3,(H,22,23)/t11-/m0/s1. The van der Waals surface area contributed by atoms with Gasteiger partial charge in [0.2, 0.25) is 0 Å². The molecule has 0 heterocycles. The number of hydrogen-bond acceptors (Lipinski definition) is 1. The van der Waals surface area contributed by atoms with E-state index in [0.29, 0.717) is 11.1 Å². The summed E-state index contributed by atoms with van der Waals surface area (Å²) in [6.07, 6.45) is -4.36. The number of hydrogen-bond donors (Lipinski definition) is 1. The van der Waals surface area contributed by atoms with Crippen LogP contribution < -0.4 is 5.32 Å². The van der Waals surface area contributed by atoms with E-state index in [0.717, 1.165) is 16.6 Å². The van der Waals surface area contributed by atoms with Crippen LogP contribution in [0.25, 0.3) is 0 Å². The van der Waals surface area contributed by atoms with Crippen molar-refractivity contribution in [2.75, 3.05) is 6.54 Å². The Kier molecular flexibility index (Phi) is 5.46. The number of amides is 1. The van der Waals surface area contributed by atoms with Crippen molar-refractivity contribution >= 4 is 21.8 Å². The molecule has 122 valence electrons. The van der Waals surface area contributed by atoms with Crippen LogP contribution in [0.4, 0.5) is 13.2 Å². The van der Waals surface area contributed by atoms with Crippen molar-refractivity contribution in [1.82, 2.24) is 5.32 Å². The molecule has 0 aromatic heterocycles. The summed E-state index contributed by atoms with van der Waals surface area (Å²) in [6.45, 7) is 2.04. The monoisotopic (exact) mass is 385 g/mol. The van der Waals surface area contributed by atoms with E-state index >= 15 is 0 Å². The summed E-state index contributed by atoms with van der Waals surface area (Å²) < 4.78 is 39.0. The van der Waals surface area contributed by atoms with Gasteiger partial charge in [0.1, 0.15) is 0 Å². The second-order valence-corrected chi connectivity index (χ2v) is 6.16. The smallest absolute Gasteiger partial charge is 0.351 e. The third kappa shape index (κ3) is 4.82. The van der Waals surface area contributed by atoms with E-state index in [9.17, 15) is 18.0 Å². The molecule has 1 atom stereocenters. The number of alkyl halides is 3. The van der Waals surface area contributed by atoms with E-state index in [4.69, 9.17) is 0 Å². The highest BCUT2D eigenvalue weighted by Gasteiger charge is 2.30. The zero-order valence-corrected chi connectivity index (χ0v) is 13.9. The van der Waals surface area contributed by atoms with Crippen LogP contribution >= 0.6 is 15.9 Å². The molecule has 0 radical (unpaired) electrons. The number of halogens is 4. The van der Waals surface area contributed by atoms with Gasteiger partial charge in [0, 0.05) is 16.6 Å². The van der Waals surface area contributed by atoms with Crippen molar-refractivity contribution in [3.8, 4) is 0 Å². The van der Waals surface area contributed by atoms with Gasteiger partial charge >= 0.3 is 6.18 Å². The van der Waals surface area contributed by atoms with Gasteiger partial charge in [-0.3, -0.25) is 4.79 Å². The molecule has 0 aliphatic rings. The van der Waals surface area contributed by atoms with E-state index in [2.05, 4.69) is 21.2 Å². The second-order valence-electron chi connectivity index (χ2n) is 5.24. The van der Waals surface area contributed by atoms with Gasteiger partial charge in [-0.1, -0.05) is 41.1 Å². The first-order valence-electron chi connectivity index (χ1n) is 6.98. The van der Waals surface area contributed by atoms with Gasteiger partial charge < -0.3 is 5.32 Å². The highest BCUT2D eigenvalue weighted by atomic mass is 79.9. The minimum absolute atomic E-state index is 0.225. The Morgan fingerprint density at radius 3 is 2.43 bits per heavy atom. The van der Waals surface area contributed by atoms with Crippen molar-refractivity contribution in [2.24, 2.45) is 0 Å². The van der Waals surface area contributed by atoms with Gasteiger partial charge in [-0.15, -0.1) is 0 Å². The van der Waals surface area contributed by atoms with E-state index in [1.807, 2.05) is 0 Å². The van der Waals surface area contributed by atoms with Gasteiger partial charge in [-0.25, -0.2) is 0 Å². The molecule has 0 unspecified atom stereocenters. The molecule has 23 heavy (non-hydrogen) atoms. The summed E-state index contributed by atoms with van der Waals surface area (Å²) in [5, 5.41) is 2.74. The van der Waals surface area contributed by atoms with Crippen LogP contribution in [0.1, 0.15) is 34.3 Å². The van der Waals surface area contributed by atoms with Gasteiger partial charge in [0.05, 0.1) is 5.56 Å². The maximum absolute atomic E-state index is 12.7. The Bertz CT molecular complexity index is 683. The van der Waals surface area contributed by atoms with Gasteiger partial charge in [-0.2, -0.15) is 13.2 Å². The SMILES string of the molecule is C[C@@H](CNC(=O)c1ccc(Br)cc1)c1cccc(C(F)(F)F)c1. The van der Waals surface area contributed by atoms with Crippen LogP contribution in [0.2, 0.25) is 0 Å². The van der Waals surface area contributed by atoms with Crippen molar-refractivity contribution in [2.45, 2.75) is 19.0 Å². The number of carbonyl (C=O) groups excluding carboxylic acids is 1. The second kappa shape index (κ2) is 7.17. The molecule has 0 aliphatic carbocycles. The minimum Gasteiger partial charge on any atom is -0.351 e. The molecule has 0 fully saturated rings. The van der Waals surface area contributed by atoms with E-state index in [-0.39, 0.29) is 18.4 Å². The Morgan fingerprint density at radius 2 is 1.83 bits per heavy atom. The maximum atomic E-state index is 12.7. The molecule has 2 aromatic rings. The summed E-state index contributed by atoms with van der Waals surface area (Å²) in [4.78, 5) is 12.0. The lowest BCUT2D eigenvalue weighted by molar-refractivity contribution is -0.137. The molecular formula is C17H15BrF3NO. The quantitative estimate of drug-likeness (QED) is 0.787. The molecular weight excluding hydrogens is 371 g/mol. The van der Waals surface area contributed by atoms with Crippen LogP contribution in [0.15, 0.2) is 53.0 Å². The summed E-state index contributed by atoms with van der Waals surface area (Å²) in [6, 6.07) is 12.0. The average Bonchev–Trinajstić information content (AvgIpc) is 2.52. The Labute approximate surface area is 140 Å². The van der Waals surface area contributed by atoms with E-state index in [1.165, 1.54) is 6.07 Å². The van der Waals surface area contributed by atoms with Gasteiger partial charge in [-0.05, 0) is 41.8 Å². The third-order valence-electron chi connectivity index (χ3n) is 3.46. The Morgan fingerprint density at radius 1 is 1.17 bits per heavy atom. The first kappa shape index (κ1) is 17.5. The largest absolute Gasteiger partial charge is 0.416 e. The van der Waals surface area contributed by atoms with E-state index < -0.39 is 11.7 Å². The fraction of sp³-hybridized carbons (Fsp3) is 0.235. The molecule has 2 nitrogen and oxygen atoms in total. The predicted octanol–water partition coefficient (Wildman–Crippen LogP) is 5.00. The molecule has 0 bridgehead atoms. The summed E-state index contributed by atoms with van der Waals surface area (Å²) in [7, 11) is 0. The summed E-state index contributed by atoms with van der Waals surface area (Å²) in [5.41, 5.74) is 0.362. The van der Waals surface area contributed by atoms with Crippen molar-refractivity contribution in [3.63, 3.8) is 0 Å². The number of rotatable bonds is 4. The molecule has 6 heteroatoms. The van der Waals surface area contributed by atoms with Gasteiger partial charge in [0.15, 0.2) is 0 Å². The molecule has 0 aliphatic heterocycles. The van der Waals surface area contributed by atoms with Crippen LogP contribution in [0.3, 0.4) is 0 Å². The lowest BCUT2D eigenvalue weighted by Gasteiger charge is -2.15. The zero-order chi connectivity index (χ0) is 17.0. The van der Waals surface area contributed by atoms with Crippen LogP contribution in [0, 0.1) is 0 Å². The molecule has 0 spiro atoms. The molecule has 2 aromatic carbocycles. The molecule has 0 saturated carbocycles. The zero-order valence-electron chi connectivity index (χ0n) is 12.3. The highest BCUT2D eigenvalue weighted by molar-refractivity contribution is 9.10. The lowest BCUT2D eigenvalue weighted by Crippen LogP contribution is -2.27. The normalized spacial score (nSPS) is 12.7. The fourth-order valence-corrected chi connectivity index (χ4v) is 2.35. The third-order valence-corrected chi connectivity index (χ3v) is 3.99. The molecule has 0 saturated heterocycles. The number of carbonyl (C=O) groups is 1. The summed E-state index contributed by atoms with van der Waals surface area (Å²) in [5.74, 6) is -0.479. The van der Waals surface area contributed by atoms with Crippen molar-refractivity contribution in [3.05, 3.63) is 69.7 Å². The fourth-order valence-electron chi connectivity index (χ4n) is 2.09. The van der Waals surface area contributed by atoms with Gasteiger partial charge in [0.25, 0.3) is 5.91 Å². The van der Waals surface area contributed by atoms with Crippen LogP contribution in [-0.2, 0) is 6.18 Å². The minimum atomic E-state index is -4.36. The van der Waals surface area contributed by atoms with E-state index in [1.54, 1.807) is 37.3 Å². The van der Waals surface area contributed by atoms with Crippen molar-refractivity contribution in [1.29, 1.82) is 0 Å². The first-order chi connectivity index (χ1) is 10.8. The number of benzene rings is 2. The van der Waals surface area contributed by atoms with Crippen LogP contribution in [0.5, 0.6) is 0 Å². The highest BCUT2D eigenvalue weighted by Crippen LogP contribution is 2.31. The first-order valence-corrected chi connectivity index (χ1v) is 7.77. The lowest BCUT2D eigenvalue weighted by atomic mass is 9.98. The predicted molar refractivity (Wildman–Crippen MR) is 86.3 cm³/mol. The maximum Gasteiger partial charge on any atom is 0.416 e. The molecule has 1 amide bonds. The van der Waals surface area contributed by atoms with Crippen molar-refractivity contribution < 1.29 is 18.0 Å². The summed E-state index contributed by atoms with van der Waals surface area (Å²) >= 11 is 3.29. The van der Waals surface area contributed by atoms with Crippen LogP contribution in [-0.4, -0.2) is 12.5 Å².